The molecule has 2 heterocycles. The smallest absolute Gasteiger partial charge is 0.306 e. The number of hydrogen-bond acceptors (Lipinski definition) is 7. The molecule has 0 unspecified atom stereocenters. The van der Waals surface area contributed by atoms with E-state index in [4.69, 9.17) is 4.74 Å². The average molecular weight is 479 g/mol. The van der Waals surface area contributed by atoms with Crippen molar-refractivity contribution in [2.45, 2.75) is 52.6 Å². The Morgan fingerprint density at radius 2 is 1.97 bits per heavy atom. The van der Waals surface area contributed by atoms with Crippen LogP contribution >= 0.6 is 0 Å². The van der Waals surface area contributed by atoms with Crippen molar-refractivity contribution >= 4 is 11.9 Å². The predicted molar refractivity (Wildman–Crippen MR) is 128 cm³/mol. The van der Waals surface area contributed by atoms with E-state index in [1.807, 2.05) is 44.2 Å². The van der Waals surface area contributed by atoms with Crippen LogP contribution in [0.5, 0.6) is 5.75 Å². The van der Waals surface area contributed by atoms with E-state index in [1.54, 1.807) is 10.9 Å². The van der Waals surface area contributed by atoms with Crippen LogP contribution in [0.3, 0.4) is 0 Å². The minimum atomic E-state index is -0.712. The molecule has 4 rings (SSSR count). The van der Waals surface area contributed by atoms with Crippen molar-refractivity contribution in [3.63, 3.8) is 0 Å². The molecule has 1 aliphatic carbocycles. The SMILES string of the molecule is CCOc1cccc(CNC(=O)c2cc(-c3nnn(C[C@H]4CC[C@H](C(=O)O)CC4)n3)cc(C)n2)c1. The Bertz CT molecular complexity index is 1190. The van der Waals surface area contributed by atoms with Crippen molar-refractivity contribution < 1.29 is 19.4 Å². The van der Waals surface area contributed by atoms with Crippen molar-refractivity contribution in [1.82, 2.24) is 30.5 Å². The molecular weight excluding hydrogens is 448 g/mol. The van der Waals surface area contributed by atoms with E-state index in [1.165, 1.54) is 0 Å². The number of amides is 1. The van der Waals surface area contributed by atoms with Crippen LogP contribution in [0.1, 0.15) is 54.4 Å². The van der Waals surface area contributed by atoms with Crippen molar-refractivity contribution in [3.05, 3.63) is 53.3 Å². The number of ether oxygens (including phenoxy) is 1. The lowest BCUT2D eigenvalue weighted by molar-refractivity contribution is -0.143. The Hall–Kier alpha value is -3.82. The molecule has 2 aromatic heterocycles. The average Bonchev–Trinajstić information content (AvgIpc) is 3.31. The van der Waals surface area contributed by atoms with E-state index >= 15 is 0 Å². The van der Waals surface area contributed by atoms with Gasteiger partial charge in [-0.15, -0.1) is 10.2 Å². The maximum Gasteiger partial charge on any atom is 0.306 e. The largest absolute Gasteiger partial charge is 0.494 e. The van der Waals surface area contributed by atoms with Gasteiger partial charge in [-0.1, -0.05) is 12.1 Å². The molecule has 1 aromatic carbocycles. The first-order valence-electron chi connectivity index (χ1n) is 11.9. The van der Waals surface area contributed by atoms with Crippen molar-refractivity contribution in [2.75, 3.05) is 6.61 Å². The van der Waals surface area contributed by atoms with Gasteiger partial charge in [-0.2, -0.15) is 4.80 Å². The van der Waals surface area contributed by atoms with Crippen molar-refractivity contribution in [2.24, 2.45) is 11.8 Å². The number of carbonyl (C=O) groups is 2. The van der Waals surface area contributed by atoms with Crippen LogP contribution in [-0.4, -0.2) is 48.8 Å². The number of aromatic nitrogens is 5. The molecule has 184 valence electrons. The zero-order chi connectivity index (χ0) is 24.8. The zero-order valence-electron chi connectivity index (χ0n) is 20.0. The van der Waals surface area contributed by atoms with Gasteiger partial charge < -0.3 is 15.2 Å². The quantitative estimate of drug-likeness (QED) is 0.479. The summed E-state index contributed by atoms with van der Waals surface area (Å²) in [6.07, 6.45) is 3.03. The summed E-state index contributed by atoms with van der Waals surface area (Å²) in [7, 11) is 0. The minimum absolute atomic E-state index is 0.247. The summed E-state index contributed by atoms with van der Waals surface area (Å²) in [5, 5.41) is 24.9. The predicted octanol–water partition coefficient (Wildman–Crippen LogP) is 3.26. The molecule has 0 bridgehead atoms. The number of tetrazole rings is 1. The number of rotatable bonds is 9. The van der Waals surface area contributed by atoms with Crippen molar-refractivity contribution in [3.8, 4) is 17.1 Å². The van der Waals surface area contributed by atoms with E-state index in [9.17, 15) is 14.7 Å². The molecule has 10 nitrogen and oxygen atoms in total. The van der Waals surface area contributed by atoms with Gasteiger partial charge in [-0.3, -0.25) is 9.59 Å². The molecule has 1 aliphatic rings. The third-order valence-electron chi connectivity index (χ3n) is 6.18. The van der Waals surface area contributed by atoms with Gasteiger partial charge in [0.25, 0.3) is 5.91 Å². The molecule has 1 fully saturated rings. The van der Waals surface area contributed by atoms with Gasteiger partial charge in [0.15, 0.2) is 0 Å². The first-order valence-corrected chi connectivity index (χ1v) is 11.9. The van der Waals surface area contributed by atoms with Gasteiger partial charge >= 0.3 is 5.97 Å². The molecule has 0 aliphatic heterocycles. The topological polar surface area (TPSA) is 132 Å². The van der Waals surface area contributed by atoms with Crippen LogP contribution in [-0.2, 0) is 17.9 Å². The first kappa shape index (κ1) is 24.3. The highest BCUT2D eigenvalue weighted by Gasteiger charge is 2.26. The number of carboxylic acids is 1. The molecule has 0 spiro atoms. The fourth-order valence-electron chi connectivity index (χ4n) is 4.36. The molecule has 1 amide bonds. The first-order chi connectivity index (χ1) is 16.9. The highest BCUT2D eigenvalue weighted by Crippen LogP contribution is 2.29. The van der Waals surface area contributed by atoms with Gasteiger partial charge in [0, 0.05) is 17.8 Å². The standard InChI is InChI=1S/C25H30N6O4/c1-3-35-21-6-4-5-18(12-21)14-26-24(32)22-13-20(11-16(2)27-22)23-28-30-31(29-23)15-17-7-9-19(10-8-17)25(33)34/h4-6,11-13,17,19H,3,7-10,14-15H2,1-2H3,(H,26,32)(H,33,34)/t17-,19-. The number of nitrogens with zero attached hydrogens (tertiary/aromatic N) is 5. The Labute approximate surface area is 203 Å². The lowest BCUT2D eigenvalue weighted by Gasteiger charge is -2.25. The number of aliphatic carboxylic acids is 1. The fourth-order valence-corrected chi connectivity index (χ4v) is 4.36. The number of aryl methyl sites for hydroxylation is 1. The molecule has 35 heavy (non-hydrogen) atoms. The van der Waals surface area contributed by atoms with E-state index in [0.29, 0.717) is 55.5 Å². The number of hydrogen-bond donors (Lipinski definition) is 2. The molecule has 0 atom stereocenters. The Morgan fingerprint density at radius 1 is 1.17 bits per heavy atom. The molecule has 0 radical (unpaired) electrons. The maximum atomic E-state index is 12.8. The molecule has 1 saturated carbocycles. The van der Waals surface area contributed by atoms with Gasteiger partial charge in [0.05, 0.1) is 19.1 Å². The van der Waals surface area contributed by atoms with Crippen LogP contribution < -0.4 is 10.1 Å². The highest BCUT2D eigenvalue weighted by atomic mass is 16.5. The van der Waals surface area contributed by atoms with Crippen LogP contribution in [0.4, 0.5) is 0 Å². The summed E-state index contributed by atoms with van der Waals surface area (Å²) in [5.41, 5.74) is 2.56. The number of benzene rings is 1. The number of pyridine rings is 1. The Balaban J connectivity index is 1.39. The van der Waals surface area contributed by atoms with E-state index in [-0.39, 0.29) is 17.5 Å². The minimum Gasteiger partial charge on any atom is -0.494 e. The summed E-state index contributed by atoms with van der Waals surface area (Å²) in [5.74, 6) is 0.265. The monoisotopic (exact) mass is 478 g/mol. The molecule has 0 saturated heterocycles. The lowest BCUT2D eigenvalue weighted by Crippen LogP contribution is -2.24. The second-order valence-electron chi connectivity index (χ2n) is 8.87. The zero-order valence-corrected chi connectivity index (χ0v) is 20.0. The third kappa shape index (κ3) is 6.40. The van der Waals surface area contributed by atoms with Gasteiger partial charge in [0.1, 0.15) is 11.4 Å². The van der Waals surface area contributed by atoms with Gasteiger partial charge in [0.2, 0.25) is 5.82 Å². The third-order valence-corrected chi connectivity index (χ3v) is 6.18. The number of nitrogens with one attached hydrogen (secondary N) is 1. The van der Waals surface area contributed by atoms with Crippen LogP contribution in [0.15, 0.2) is 36.4 Å². The summed E-state index contributed by atoms with van der Waals surface area (Å²) in [6, 6.07) is 11.1. The number of carboxylic acid groups (broad SMARTS) is 1. The molecule has 2 N–H and O–H groups in total. The van der Waals surface area contributed by atoms with E-state index in [0.717, 1.165) is 24.2 Å². The normalized spacial score (nSPS) is 17.7. The van der Waals surface area contributed by atoms with E-state index in [2.05, 4.69) is 25.7 Å². The summed E-state index contributed by atoms with van der Waals surface area (Å²) < 4.78 is 5.51. The molecular formula is C25H30N6O4. The summed E-state index contributed by atoms with van der Waals surface area (Å²) in [4.78, 5) is 29.9. The van der Waals surface area contributed by atoms with Crippen LogP contribution in [0.2, 0.25) is 0 Å². The lowest BCUT2D eigenvalue weighted by atomic mass is 9.82. The molecule has 10 heteroatoms. The number of carbonyl (C=O) groups excluding carboxylic acids is 1. The van der Waals surface area contributed by atoms with Crippen LogP contribution in [0.25, 0.3) is 11.4 Å². The Morgan fingerprint density at radius 3 is 2.71 bits per heavy atom. The second-order valence-corrected chi connectivity index (χ2v) is 8.87. The highest BCUT2D eigenvalue weighted by molar-refractivity contribution is 5.93. The fraction of sp³-hybridized carbons (Fsp3) is 0.440. The van der Waals surface area contributed by atoms with Gasteiger partial charge in [-0.05, 0) is 80.5 Å². The van der Waals surface area contributed by atoms with E-state index < -0.39 is 5.97 Å². The molecule has 3 aromatic rings. The maximum absolute atomic E-state index is 12.8. The van der Waals surface area contributed by atoms with Crippen LogP contribution in [0, 0.1) is 18.8 Å². The van der Waals surface area contributed by atoms with Gasteiger partial charge in [-0.25, -0.2) is 4.98 Å². The van der Waals surface area contributed by atoms with Crippen molar-refractivity contribution in [1.29, 1.82) is 0 Å². The Kier molecular flexibility index (Phi) is 7.69. The second kappa shape index (κ2) is 11.1. The summed E-state index contributed by atoms with van der Waals surface area (Å²) >= 11 is 0. The summed E-state index contributed by atoms with van der Waals surface area (Å²) in [6.45, 7) is 5.27.